The lowest BCUT2D eigenvalue weighted by molar-refractivity contribution is 0.570. The van der Waals surface area contributed by atoms with Crippen LogP contribution in [0.15, 0.2) is 13.2 Å². The quantitative estimate of drug-likeness (QED) is 0.427. The molecule has 0 aliphatic rings. The van der Waals surface area contributed by atoms with Crippen LogP contribution < -0.4 is 0 Å². The molecule has 0 aliphatic heterocycles. The molecule has 0 aliphatic carbocycles. The molecule has 0 atom stereocenters. The van der Waals surface area contributed by atoms with E-state index in [1.54, 1.807) is 0 Å². The van der Waals surface area contributed by atoms with Crippen LogP contribution in [0.5, 0.6) is 0 Å². The molecule has 0 spiro atoms. The molecule has 0 rings (SSSR count). The number of hydrogen-bond acceptors (Lipinski definition) is 1. The Morgan fingerprint density at radius 1 is 1.56 bits per heavy atom. The van der Waals surface area contributed by atoms with Gasteiger partial charge in [-0.1, -0.05) is 20.9 Å². The second-order valence-electron chi connectivity index (χ2n) is 1.49. The fourth-order valence-corrected chi connectivity index (χ4v) is 0.671. The highest BCUT2D eigenvalue weighted by Gasteiger charge is 1.82. The van der Waals surface area contributed by atoms with Crippen LogP contribution in [0.4, 0.5) is 0 Å². The predicted octanol–water partition coefficient (Wildman–Crippen LogP) is 1.75. The molecule has 0 bridgehead atoms. The van der Waals surface area contributed by atoms with Gasteiger partial charge >= 0.3 is 0 Å². The van der Waals surface area contributed by atoms with Crippen LogP contribution in [0.1, 0.15) is 15.8 Å². The van der Waals surface area contributed by atoms with Crippen molar-refractivity contribution in [2.24, 2.45) is 0 Å². The molecule has 0 aromatic carbocycles. The summed E-state index contributed by atoms with van der Waals surface area (Å²) in [6, 6.07) is 0. The summed E-state index contributed by atoms with van der Waals surface area (Å²) in [5.74, 6) is 0. The summed E-state index contributed by atoms with van der Waals surface area (Å²) < 4.78 is 2.39. The second kappa shape index (κ2) is 15.7. The van der Waals surface area contributed by atoms with Crippen molar-refractivity contribution >= 4 is 9.68 Å². The second-order valence-corrected chi connectivity index (χ2v) is 3.20. The van der Waals surface area contributed by atoms with Crippen LogP contribution in [0.2, 0.25) is 6.55 Å². The van der Waals surface area contributed by atoms with Gasteiger partial charge in [0.05, 0.1) is 9.68 Å². The van der Waals surface area contributed by atoms with E-state index in [-0.39, 0.29) is 18.5 Å². The zero-order chi connectivity index (χ0) is 6.99. The topological polar surface area (TPSA) is 3.24 Å². The first-order valence-electron chi connectivity index (χ1n) is 2.99. The van der Waals surface area contributed by atoms with Gasteiger partial charge in [-0.3, -0.25) is 0 Å². The lowest BCUT2D eigenvalue weighted by Gasteiger charge is -2.07. The molecular formula is C7H23NSi. The Bertz CT molecular complexity index is 40.6. The normalized spacial score (nSPS) is 8.44. The maximum atomic E-state index is 3.00. The standard InChI is InChI=1S/C4H13NSi.C2H4.CH4.H2/c1-4-5(2)6-3;1-2;;/h4,6H2,1-3H3;1-2H2;1H4;1H. The zero-order valence-electron chi connectivity index (χ0n) is 6.28. The van der Waals surface area contributed by atoms with Crippen LogP contribution in [-0.2, 0) is 0 Å². The molecule has 60 valence electrons. The Balaban J connectivity index is -0.0000000412. The van der Waals surface area contributed by atoms with Crippen molar-refractivity contribution in [3.8, 4) is 0 Å². The van der Waals surface area contributed by atoms with Crippen LogP contribution in [-0.4, -0.2) is 27.8 Å². The van der Waals surface area contributed by atoms with E-state index in [1.165, 1.54) is 6.54 Å². The highest BCUT2D eigenvalue weighted by Crippen LogP contribution is 1.71. The van der Waals surface area contributed by atoms with Gasteiger partial charge in [0.2, 0.25) is 0 Å². The first-order valence-corrected chi connectivity index (χ1v) is 5.04. The summed E-state index contributed by atoms with van der Waals surface area (Å²) in [5, 5.41) is 0. The van der Waals surface area contributed by atoms with Gasteiger partial charge in [0.15, 0.2) is 0 Å². The van der Waals surface area contributed by atoms with Crippen molar-refractivity contribution in [2.75, 3.05) is 13.6 Å². The molecule has 1 nitrogen and oxygen atoms in total. The molecule has 0 amide bonds. The van der Waals surface area contributed by atoms with Crippen LogP contribution >= 0.6 is 0 Å². The summed E-state index contributed by atoms with van der Waals surface area (Å²) in [6.07, 6.45) is 0. The average Bonchev–Trinajstić information content (AvgIpc) is 1.91. The summed E-state index contributed by atoms with van der Waals surface area (Å²) >= 11 is 0. The van der Waals surface area contributed by atoms with E-state index in [0.717, 1.165) is 0 Å². The molecule has 0 unspecified atom stereocenters. The van der Waals surface area contributed by atoms with E-state index < -0.39 is 0 Å². The van der Waals surface area contributed by atoms with Crippen LogP contribution in [0, 0.1) is 0 Å². The average molecular weight is 149 g/mol. The molecule has 0 radical (unpaired) electrons. The van der Waals surface area contributed by atoms with Crippen molar-refractivity contribution in [3.63, 3.8) is 0 Å². The van der Waals surface area contributed by atoms with Gasteiger partial charge in [0.1, 0.15) is 0 Å². The van der Waals surface area contributed by atoms with Gasteiger partial charge in [-0.15, -0.1) is 13.2 Å². The van der Waals surface area contributed by atoms with Crippen molar-refractivity contribution in [3.05, 3.63) is 13.2 Å². The molecule has 0 fully saturated rings. The van der Waals surface area contributed by atoms with Gasteiger partial charge in [-0.2, -0.15) is 0 Å². The smallest absolute Gasteiger partial charge is 0.0916 e. The fraction of sp³-hybridized carbons (Fsp3) is 0.714. The van der Waals surface area contributed by atoms with Gasteiger partial charge in [-0.25, -0.2) is 0 Å². The molecule has 0 saturated heterocycles. The third-order valence-corrected chi connectivity index (χ3v) is 2.61. The van der Waals surface area contributed by atoms with Crippen molar-refractivity contribution in [1.29, 1.82) is 0 Å². The third kappa shape index (κ3) is 18.1. The number of nitrogens with zero attached hydrogens (tertiary/aromatic N) is 1. The molecule has 0 N–H and O–H groups in total. The molecule has 2 heteroatoms. The Hall–Kier alpha value is -0.0831. The molecule has 0 aromatic rings. The third-order valence-electron chi connectivity index (χ3n) is 1.08. The number of hydrogen-bond donors (Lipinski definition) is 0. The summed E-state index contributed by atoms with van der Waals surface area (Å²) in [4.78, 5) is 0. The predicted molar refractivity (Wildman–Crippen MR) is 52.8 cm³/mol. The van der Waals surface area contributed by atoms with Crippen molar-refractivity contribution in [2.45, 2.75) is 20.9 Å². The summed E-state index contributed by atoms with van der Waals surface area (Å²) in [5.41, 5.74) is 0. The van der Waals surface area contributed by atoms with E-state index in [2.05, 4.69) is 38.2 Å². The lowest BCUT2D eigenvalue weighted by atomic mass is 10.8. The van der Waals surface area contributed by atoms with Gasteiger partial charge < -0.3 is 4.57 Å². The van der Waals surface area contributed by atoms with E-state index >= 15 is 0 Å². The molecular weight excluding hydrogens is 126 g/mol. The van der Waals surface area contributed by atoms with Gasteiger partial charge in [-0.05, 0) is 13.6 Å². The first-order chi connectivity index (χ1) is 3.81. The van der Waals surface area contributed by atoms with E-state index in [0.29, 0.717) is 0 Å². The van der Waals surface area contributed by atoms with Crippen molar-refractivity contribution < 1.29 is 1.43 Å². The van der Waals surface area contributed by atoms with Crippen LogP contribution in [0.3, 0.4) is 0 Å². The maximum Gasteiger partial charge on any atom is 0.0916 e. The Morgan fingerprint density at radius 2 is 1.89 bits per heavy atom. The van der Waals surface area contributed by atoms with Gasteiger partial charge in [0, 0.05) is 1.43 Å². The molecule has 9 heavy (non-hydrogen) atoms. The highest BCUT2D eigenvalue weighted by molar-refractivity contribution is 6.29. The van der Waals surface area contributed by atoms with Crippen LogP contribution in [0.25, 0.3) is 0 Å². The van der Waals surface area contributed by atoms with Crippen molar-refractivity contribution in [1.82, 2.24) is 4.57 Å². The first kappa shape index (κ1) is 16.0. The molecule has 0 saturated carbocycles. The summed E-state index contributed by atoms with van der Waals surface area (Å²) in [7, 11) is 2.34. The molecule has 0 heterocycles. The largest absolute Gasteiger partial charge is 0.332 e. The van der Waals surface area contributed by atoms with E-state index in [1.807, 2.05) is 0 Å². The number of rotatable bonds is 2. The van der Waals surface area contributed by atoms with Gasteiger partial charge in [0.25, 0.3) is 0 Å². The monoisotopic (exact) mass is 149 g/mol. The Morgan fingerprint density at radius 3 is 1.89 bits per heavy atom. The minimum Gasteiger partial charge on any atom is -0.332 e. The summed E-state index contributed by atoms with van der Waals surface area (Å²) in [6.45, 7) is 11.7. The molecule has 0 aromatic heterocycles. The fourth-order valence-electron chi connectivity index (χ4n) is 0.224. The minimum atomic E-state index is 0. The minimum absolute atomic E-state index is 0. The zero-order valence-corrected chi connectivity index (χ0v) is 7.69. The maximum absolute atomic E-state index is 3.00. The Labute approximate surface area is 64.1 Å². The highest BCUT2D eigenvalue weighted by atomic mass is 28.2. The Kier molecular flexibility index (Phi) is 27.8. The van der Waals surface area contributed by atoms with E-state index in [4.69, 9.17) is 0 Å². The SMILES string of the molecule is C.C=C.CCN(C)[SiH2]C.[HH]. The van der Waals surface area contributed by atoms with E-state index in [9.17, 15) is 0 Å². The lowest BCUT2D eigenvalue weighted by Crippen LogP contribution is -2.19.